The molecule has 1 fully saturated rings. The minimum Gasteiger partial charge on any atom is -0.493 e. The Morgan fingerprint density at radius 1 is 1.32 bits per heavy atom. The summed E-state index contributed by atoms with van der Waals surface area (Å²) in [5.74, 6) is 1.46. The number of rotatable bonds is 5. The van der Waals surface area contributed by atoms with Gasteiger partial charge >= 0.3 is 0 Å². The standard InChI is InChI=1S/C19H30N2O3S/c1-14(2)13-24-17-5-6-18-15(11-17)7-9-21-10-8-16(12-19(18)21)20(3)25(4,22)23/h5-6,11,14,16,19H,7-10,12-13H2,1-4H3. The number of benzene rings is 1. The van der Waals surface area contributed by atoms with Gasteiger partial charge < -0.3 is 4.74 Å². The van der Waals surface area contributed by atoms with E-state index in [0.717, 1.165) is 44.7 Å². The Morgan fingerprint density at radius 2 is 2.08 bits per heavy atom. The summed E-state index contributed by atoms with van der Waals surface area (Å²) in [4.78, 5) is 2.50. The Bertz CT molecular complexity index is 717. The molecular formula is C19H30N2O3S. The monoisotopic (exact) mass is 366 g/mol. The van der Waals surface area contributed by atoms with E-state index in [1.807, 2.05) is 0 Å². The number of nitrogens with zero attached hydrogens (tertiary/aromatic N) is 2. The summed E-state index contributed by atoms with van der Waals surface area (Å²) in [7, 11) is -1.43. The fourth-order valence-corrected chi connectivity index (χ4v) is 4.66. The van der Waals surface area contributed by atoms with Crippen LogP contribution in [0.4, 0.5) is 0 Å². The first kappa shape index (κ1) is 18.7. The van der Waals surface area contributed by atoms with Crippen LogP contribution in [0.15, 0.2) is 18.2 Å². The van der Waals surface area contributed by atoms with Crippen LogP contribution in [0.25, 0.3) is 0 Å². The largest absolute Gasteiger partial charge is 0.493 e. The molecule has 0 bridgehead atoms. The summed E-state index contributed by atoms with van der Waals surface area (Å²) in [6.07, 6.45) is 4.11. The molecule has 0 saturated carbocycles. The summed E-state index contributed by atoms with van der Waals surface area (Å²) < 4.78 is 31.2. The molecule has 2 atom stereocenters. The molecule has 2 aliphatic heterocycles. The van der Waals surface area contributed by atoms with Gasteiger partial charge in [-0.15, -0.1) is 0 Å². The third-order valence-electron chi connectivity index (χ3n) is 5.45. The number of hydrogen-bond acceptors (Lipinski definition) is 4. The van der Waals surface area contributed by atoms with Crippen molar-refractivity contribution in [1.82, 2.24) is 9.21 Å². The summed E-state index contributed by atoms with van der Waals surface area (Å²) >= 11 is 0. The smallest absolute Gasteiger partial charge is 0.211 e. The maximum Gasteiger partial charge on any atom is 0.211 e. The van der Waals surface area contributed by atoms with Crippen LogP contribution in [-0.2, 0) is 16.4 Å². The number of fused-ring (bicyclic) bond motifs is 3. The molecule has 6 heteroatoms. The highest BCUT2D eigenvalue weighted by atomic mass is 32.2. The van der Waals surface area contributed by atoms with Gasteiger partial charge in [0.2, 0.25) is 10.0 Å². The highest BCUT2D eigenvalue weighted by Gasteiger charge is 2.36. The van der Waals surface area contributed by atoms with Crippen molar-refractivity contribution in [2.24, 2.45) is 5.92 Å². The zero-order valence-corrected chi connectivity index (χ0v) is 16.6. The van der Waals surface area contributed by atoms with Gasteiger partial charge in [-0.05, 0) is 48.4 Å². The molecule has 0 amide bonds. The van der Waals surface area contributed by atoms with Gasteiger partial charge in [-0.1, -0.05) is 19.9 Å². The average molecular weight is 367 g/mol. The van der Waals surface area contributed by atoms with Gasteiger partial charge in [0.1, 0.15) is 5.75 Å². The Hall–Kier alpha value is -1.11. The van der Waals surface area contributed by atoms with Crippen molar-refractivity contribution >= 4 is 10.0 Å². The van der Waals surface area contributed by atoms with Gasteiger partial charge in [-0.2, -0.15) is 0 Å². The SMILES string of the molecule is CC(C)COc1ccc2c(c1)CCN1CCC(N(C)S(C)(=O)=O)CC21. The van der Waals surface area contributed by atoms with Crippen molar-refractivity contribution < 1.29 is 13.2 Å². The van der Waals surface area contributed by atoms with E-state index in [-0.39, 0.29) is 6.04 Å². The van der Waals surface area contributed by atoms with Gasteiger partial charge in [0, 0.05) is 32.2 Å². The fraction of sp³-hybridized carbons (Fsp3) is 0.684. The molecule has 5 nitrogen and oxygen atoms in total. The van der Waals surface area contributed by atoms with Crippen LogP contribution in [0.2, 0.25) is 0 Å². The van der Waals surface area contributed by atoms with Crippen molar-refractivity contribution in [1.29, 1.82) is 0 Å². The van der Waals surface area contributed by atoms with Gasteiger partial charge in [0.25, 0.3) is 0 Å². The van der Waals surface area contributed by atoms with Crippen LogP contribution >= 0.6 is 0 Å². The summed E-state index contributed by atoms with van der Waals surface area (Å²) in [5, 5.41) is 0. The summed E-state index contributed by atoms with van der Waals surface area (Å²) in [6, 6.07) is 6.82. The minimum absolute atomic E-state index is 0.0825. The van der Waals surface area contributed by atoms with Crippen molar-refractivity contribution in [3.8, 4) is 5.75 Å². The first-order chi connectivity index (χ1) is 11.8. The molecular weight excluding hydrogens is 336 g/mol. The maximum absolute atomic E-state index is 11.9. The predicted octanol–water partition coefficient (Wildman–Crippen LogP) is 2.67. The van der Waals surface area contributed by atoms with E-state index in [2.05, 4.69) is 36.9 Å². The van der Waals surface area contributed by atoms with E-state index in [0.29, 0.717) is 12.0 Å². The number of ether oxygens (including phenoxy) is 1. The van der Waals surface area contributed by atoms with Gasteiger partial charge in [0.05, 0.1) is 12.9 Å². The topological polar surface area (TPSA) is 49.9 Å². The molecule has 1 saturated heterocycles. The van der Waals surface area contributed by atoms with Gasteiger partial charge in [-0.3, -0.25) is 4.90 Å². The number of hydrogen-bond donors (Lipinski definition) is 0. The predicted molar refractivity (Wildman–Crippen MR) is 100 cm³/mol. The average Bonchev–Trinajstić information content (AvgIpc) is 2.57. The molecule has 25 heavy (non-hydrogen) atoms. The van der Waals surface area contributed by atoms with E-state index in [1.54, 1.807) is 11.4 Å². The Morgan fingerprint density at radius 3 is 2.76 bits per heavy atom. The number of piperidine rings is 1. The molecule has 1 aromatic rings. The van der Waals surface area contributed by atoms with Crippen LogP contribution in [0.5, 0.6) is 5.75 Å². The maximum atomic E-state index is 11.9. The summed E-state index contributed by atoms with van der Waals surface area (Å²) in [5.41, 5.74) is 2.69. The molecule has 0 aromatic heterocycles. The highest BCUT2D eigenvalue weighted by Crippen LogP contribution is 2.39. The second-order valence-corrected chi connectivity index (χ2v) is 9.87. The molecule has 140 valence electrons. The Kier molecular flexibility index (Phi) is 5.42. The lowest BCUT2D eigenvalue weighted by atomic mass is 9.85. The molecule has 0 spiro atoms. The minimum atomic E-state index is -3.15. The van der Waals surface area contributed by atoms with Crippen molar-refractivity contribution in [3.63, 3.8) is 0 Å². The lowest BCUT2D eigenvalue weighted by Crippen LogP contribution is -2.48. The second-order valence-electron chi connectivity index (χ2n) is 7.82. The van der Waals surface area contributed by atoms with Crippen LogP contribution in [-0.4, -0.2) is 56.7 Å². The van der Waals surface area contributed by atoms with Crippen LogP contribution in [0.3, 0.4) is 0 Å². The van der Waals surface area contributed by atoms with E-state index in [9.17, 15) is 8.42 Å². The van der Waals surface area contributed by atoms with E-state index in [4.69, 9.17) is 4.74 Å². The Balaban J connectivity index is 1.78. The third kappa shape index (κ3) is 4.18. The fourth-order valence-electron chi connectivity index (χ4n) is 3.93. The molecule has 0 N–H and O–H groups in total. The van der Waals surface area contributed by atoms with Gasteiger partial charge in [-0.25, -0.2) is 12.7 Å². The molecule has 2 unspecified atom stereocenters. The van der Waals surface area contributed by atoms with Gasteiger partial charge in [0.15, 0.2) is 0 Å². The van der Waals surface area contributed by atoms with E-state index >= 15 is 0 Å². The van der Waals surface area contributed by atoms with E-state index < -0.39 is 10.0 Å². The zero-order chi connectivity index (χ0) is 18.2. The molecule has 2 aliphatic rings. The van der Waals surface area contributed by atoms with Crippen molar-refractivity contribution in [2.75, 3.05) is 33.0 Å². The second kappa shape index (κ2) is 7.25. The number of sulfonamides is 1. The molecule has 2 heterocycles. The third-order valence-corrected chi connectivity index (χ3v) is 6.79. The molecule has 1 aromatic carbocycles. The van der Waals surface area contributed by atoms with E-state index in [1.165, 1.54) is 17.4 Å². The van der Waals surface area contributed by atoms with Crippen molar-refractivity contribution in [3.05, 3.63) is 29.3 Å². The zero-order valence-electron chi connectivity index (χ0n) is 15.7. The quantitative estimate of drug-likeness (QED) is 0.804. The lowest BCUT2D eigenvalue weighted by molar-refractivity contribution is 0.0970. The highest BCUT2D eigenvalue weighted by molar-refractivity contribution is 7.88. The lowest BCUT2D eigenvalue weighted by Gasteiger charge is -2.45. The van der Waals surface area contributed by atoms with Crippen molar-refractivity contribution in [2.45, 2.75) is 45.2 Å². The molecule has 3 rings (SSSR count). The van der Waals surface area contributed by atoms with Crippen LogP contribution in [0, 0.1) is 5.92 Å². The van der Waals surface area contributed by atoms with Crippen LogP contribution in [0.1, 0.15) is 43.9 Å². The molecule has 0 radical (unpaired) electrons. The first-order valence-electron chi connectivity index (χ1n) is 9.18. The molecule has 0 aliphatic carbocycles. The summed E-state index contributed by atoms with van der Waals surface area (Å²) in [6.45, 7) is 7.03. The Labute approximate surface area is 152 Å². The first-order valence-corrected chi connectivity index (χ1v) is 11.0. The van der Waals surface area contributed by atoms with Crippen LogP contribution < -0.4 is 4.74 Å². The normalized spacial score (nSPS) is 24.2.